The van der Waals surface area contributed by atoms with Crippen molar-refractivity contribution in [3.05, 3.63) is 78.1 Å². The molecule has 134 valence electrons. The molecule has 2 N–H and O–H groups in total. The Morgan fingerprint density at radius 1 is 1.00 bits per heavy atom. The van der Waals surface area contributed by atoms with Gasteiger partial charge in [0.05, 0.1) is 24.0 Å². The Bertz CT molecular complexity index is 891. The van der Waals surface area contributed by atoms with Crippen LogP contribution in [-0.4, -0.2) is 15.8 Å². The van der Waals surface area contributed by atoms with Gasteiger partial charge in [0, 0.05) is 11.9 Å². The molecule has 0 saturated carbocycles. The Morgan fingerprint density at radius 2 is 1.73 bits per heavy atom. The van der Waals surface area contributed by atoms with Gasteiger partial charge in [0.1, 0.15) is 0 Å². The van der Waals surface area contributed by atoms with E-state index in [2.05, 4.69) is 15.7 Å². The topological polar surface area (TPSA) is 59.0 Å². The summed E-state index contributed by atoms with van der Waals surface area (Å²) in [6.07, 6.45) is -1.36. The van der Waals surface area contributed by atoms with E-state index in [9.17, 15) is 18.0 Å². The number of anilines is 2. The quantitative estimate of drug-likeness (QED) is 0.715. The molecule has 0 unspecified atom stereocenters. The number of nitrogens with one attached hydrogen (secondary N) is 2. The van der Waals surface area contributed by atoms with Gasteiger partial charge in [-0.2, -0.15) is 18.3 Å². The van der Waals surface area contributed by atoms with Crippen LogP contribution in [0, 0.1) is 0 Å². The highest BCUT2D eigenvalue weighted by molar-refractivity contribution is 5.99. The molecule has 8 heteroatoms. The lowest BCUT2D eigenvalue weighted by Gasteiger charge is -2.10. The number of hydrogen-bond donors (Lipinski definition) is 2. The van der Waals surface area contributed by atoms with Gasteiger partial charge in [-0.3, -0.25) is 4.68 Å². The first-order valence-electron chi connectivity index (χ1n) is 7.72. The minimum Gasteiger partial charge on any atom is -0.308 e. The van der Waals surface area contributed by atoms with Crippen LogP contribution in [0.25, 0.3) is 0 Å². The fraction of sp³-hybridized carbons (Fsp3) is 0.111. The van der Waals surface area contributed by atoms with Crippen LogP contribution in [0.1, 0.15) is 11.1 Å². The van der Waals surface area contributed by atoms with Crippen LogP contribution >= 0.6 is 0 Å². The van der Waals surface area contributed by atoms with Gasteiger partial charge < -0.3 is 10.6 Å². The number of nitrogens with zero attached hydrogens (tertiary/aromatic N) is 2. The second kappa shape index (κ2) is 7.30. The molecular formula is C18H15F3N4O. The smallest absolute Gasteiger partial charge is 0.308 e. The average Bonchev–Trinajstić information content (AvgIpc) is 3.02. The number of benzene rings is 2. The van der Waals surface area contributed by atoms with Crippen LogP contribution in [0.4, 0.5) is 29.3 Å². The van der Waals surface area contributed by atoms with Crippen LogP contribution in [-0.2, 0) is 12.7 Å². The highest BCUT2D eigenvalue weighted by Crippen LogP contribution is 2.30. The first-order valence-corrected chi connectivity index (χ1v) is 7.72. The van der Waals surface area contributed by atoms with E-state index in [0.29, 0.717) is 12.2 Å². The molecule has 0 aliphatic heterocycles. The number of carbonyl (C=O) groups is 1. The molecule has 3 rings (SSSR count). The van der Waals surface area contributed by atoms with Crippen molar-refractivity contribution < 1.29 is 18.0 Å². The summed E-state index contributed by atoms with van der Waals surface area (Å²) < 4.78 is 39.7. The second-order valence-electron chi connectivity index (χ2n) is 5.57. The van der Waals surface area contributed by atoms with Crippen LogP contribution in [0.15, 0.2) is 67.0 Å². The number of aromatic nitrogens is 2. The summed E-state index contributed by atoms with van der Waals surface area (Å²) in [5.74, 6) is 0. The largest absolute Gasteiger partial charge is 0.416 e. The Labute approximate surface area is 147 Å². The van der Waals surface area contributed by atoms with E-state index in [4.69, 9.17) is 0 Å². The van der Waals surface area contributed by atoms with E-state index in [-0.39, 0.29) is 5.69 Å². The van der Waals surface area contributed by atoms with Crippen molar-refractivity contribution in [1.29, 1.82) is 0 Å². The lowest BCUT2D eigenvalue weighted by molar-refractivity contribution is -0.137. The van der Waals surface area contributed by atoms with E-state index >= 15 is 0 Å². The fourth-order valence-corrected chi connectivity index (χ4v) is 2.35. The summed E-state index contributed by atoms with van der Waals surface area (Å²) in [6, 6.07) is 13.4. The maximum Gasteiger partial charge on any atom is 0.416 e. The summed E-state index contributed by atoms with van der Waals surface area (Å²) in [7, 11) is 0. The van der Waals surface area contributed by atoms with Crippen molar-refractivity contribution in [2.75, 3.05) is 10.6 Å². The number of halogens is 3. The molecule has 0 spiro atoms. The number of rotatable bonds is 4. The molecule has 0 aliphatic carbocycles. The van der Waals surface area contributed by atoms with E-state index < -0.39 is 17.8 Å². The van der Waals surface area contributed by atoms with Crippen molar-refractivity contribution in [3.8, 4) is 0 Å². The summed E-state index contributed by atoms with van der Waals surface area (Å²) in [6.45, 7) is 0.539. The van der Waals surface area contributed by atoms with Gasteiger partial charge in [-0.05, 0) is 23.8 Å². The maximum absolute atomic E-state index is 12.7. The molecule has 2 amide bonds. The van der Waals surface area contributed by atoms with E-state index in [1.54, 1.807) is 10.9 Å². The zero-order chi connectivity index (χ0) is 18.6. The van der Waals surface area contributed by atoms with Gasteiger partial charge >= 0.3 is 12.2 Å². The maximum atomic E-state index is 12.7. The molecule has 0 bridgehead atoms. The third kappa shape index (κ3) is 4.62. The van der Waals surface area contributed by atoms with Crippen molar-refractivity contribution in [2.24, 2.45) is 0 Å². The summed E-state index contributed by atoms with van der Waals surface area (Å²) >= 11 is 0. The predicted molar refractivity (Wildman–Crippen MR) is 91.9 cm³/mol. The van der Waals surface area contributed by atoms with Gasteiger partial charge in [-0.1, -0.05) is 36.4 Å². The zero-order valence-corrected chi connectivity index (χ0v) is 13.5. The average molecular weight is 360 g/mol. The summed E-state index contributed by atoms with van der Waals surface area (Å²) in [5.41, 5.74) is 0.709. The van der Waals surface area contributed by atoms with Crippen LogP contribution in [0.5, 0.6) is 0 Å². The number of carbonyl (C=O) groups excluding carboxylic acids is 1. The zero-order valence-electron chi connectivity index (χ0n) is 13.5. The molecule has 0 atom stereocenters. The first-order chi connectivity index (χ1) is 12.4. The molecular weight excluding hydrogens is 345 g/mol. The molecule has 5 nitrogen and oxygen atoms in total. The number of amides is 2. The van der Waals surface area contributed by atoms with Gasteiger partial charge in [0.15, 0.2) is 0 Å². The molecule has 0 radical (unpaired) electrons. The highest BCUT2D eigenvalue weighted by atomic mass is 19.4. The molecule has 3 aromatic rings. The number of urea groups is 1. The van der Waals surface area contributed by atoms with Crippen molar-refractivity contribution in [3.63, 3.8) is 0 Å². The molecule has 0 aliphatic rings. The van der Waals surface area contributed by atoms with Gasteiger partial charge in [-0.15, -0.1) is 0 Å². The Balaban J connectivity index is 1.60. The number of alkyl halides is 3. The monoisotopic (exact) mass is 360 g/mol. The fourth-order valence-electron chi connectivity index (χ4n) is 2.35. The summed E-state index contributed by atoms with van der Waals surface area (Å²) in [4.78, 5) is 12.0. The third-order valence-electron chi connectivity index (χ3n) is 3.53. The SMILES string of the molecule is O=C(Nc1cccc(C(F)(F)F)c1)Nc1cnn(Cc2ccccc2)c1. The molecule has 0 saturated heterocycles. The van der Waals surface area contributed by atoms with E-state index in [1.807, 2.05) is 30.3 Å². The Kier molecular flexibility index (Phi) is 4.92. The Hall–Kier alpha value is -3.29. The molecule has 1 heterocycles. The van der Waals surface area contributed by atoms with E-state index in [1.165, 1.54) is 18.3 Å². The molecule has 26 heavy (non-hydrogen) atoms. The van der Waals surface area contributed by atoms with Crippen molar-refractivity contribution >= 4 is 17.4 Å². The van der Waals surface area contributed by atoms with Crippen LogP contribution in [0.3, 0.4) is 0 Å². The van der Waals surface area contributed by atoms with E-state index in [0.717, 1.165) is 17.7 Å². The minimum absolute atomic E-state index is 0.0500. The summed E-state index contributed by atoms with van der Waals surface area (Å²) in [5, 5.41) is 9.06. The lowest BCUT2D eigenvalue weighted by atomic mass is 10.2. The van der Waals surface area contributed by atoms with Gasteiger partial charge in [0.25, 0.3) is 0 Å². The molecule has 2 aromatic carbocycles. The minimum atomic E-state index is -4.47. The number of hydrogen-bond acceptors (Lipinski definition) is 2. The normalized spacial score (nSPS) is 11.2. The third-order valence-corrected chi connectivity index (χ3v) is 3.53. The molecule has 1 aromatic heterocycles. The van der Waals surface area contributed by atoms with Crippen LogP contribution in [0.2, 0.25) is 0 Å². The van der Waals surface area contributed by atoms with Crippen molar-refractivity contribution in [1.82, 2.24) is 9.78 Å². The van der Waals surface area contributed by atoms with Crippen molar-refractivity contribution in [2.45, 2.75) is 12.7 Å². The first kappa shape index (κ1) is 17.5. The Morgan fingerprint density at radius 3 is 2.46 bits per heavy atom. The second-order valence-corrected chi connectivity index (χ2v) is 5.57. The standard InChI is InChI=1S/C18H15F3N4O/c19-18(20,21)14-7-4-8-15(9-14)23-17(26)24-16-10-22-25(12-16)11-13-5-2-1-3-6-13/h1-10,12H,11H2,(H2,23,24,26). The van der Waals surface area contributed by atoms with Crippen LogP contribution < -0.4 is 10.6 Å². The van der Waals surface area contributed by atoms with Gasteiger partial charge in [0.2, 0.25) is 0 Å². The lowest BCUT2D eigenvalue weighted by Crippen LogP contribution is -2.19. The highest BCUT2D eigenvalue weighted by Gasteiger charge is 2.30. The van der Waals surface area contributed by atoms with Gasteiger partial charge in [-0.25, -0.2) is 4.79 Å². The predicted octanol–water partition coefficient (Wildman–Crippen LogP) is 4.59. The molecule has 0 fully saturated rings.